The molecular weight excluding hydrogens is 262 g/mol. The molecule has 21 heavy (non-hydrogen) atoms. The van der Waals surface area contributed by atoms with Crippen LogP contribution in [0, 0.1) is 6.92 Å². The van der Waals surface area contributed by atoms with Gasteiger partial charge in [-0.2, -0.15) is 0 Å². The Morgan fingerprint density at radius 2 is 1.81 bits per heavy atom. The summed E-state index contributed by atoms with van der Waals surface area (Å²) >= 11 is 0. The SMILES string of the molecule is CCCCCCCCCC(C(=O)O)c1ccc[n+](C)c1C. The highest BCUT2D eigenvalue weighted by Crippen LogP contribution is 2.24. The van der Waals surface area contributed by atoms with Crippen molar-refractivity contribution in [1.29, 1.82) is 0 Å². The molecule has 0 aliphatic carbocycles. The number of rotatable bonds is 10. The maximum Gasteiger partial charge on any atom is 0.311 e. The Morgan fingerprint density at radius 1 is 1.19 bits per heavy atom. The Hall–Kier alpha value is -1.38. The summed E-state index contributed by atoms with van der Waals surface area (Å²) in [5.74, 6) is -1.07. The number of aryl methyl sites for hydroxylation is 1. The second-order valence-electron chi connectivity index (χ2n) is 5.96. The molecule has 1 unspecified atom stereocenters. The third kappa shape index (κ3) is 5.86. The van der Waals surface area contributed by atoms with Gasteiger partial charge in [-0.15, -0.1) is 0 Å². The number of nitrogens with zero attached hydrogens (tertiary/aromatic N) is 1. The van der Waals surface area contributed by atoms with Gasteiger partial charge in [-0.1, -0.05) is 51.9 Å². The smallest absolute Gasteiger partial charge is 0.311 e. The van der Waals surface area contributed by atoms with Crippen molar-refractivity contribution >= 4 is 5.97 Å². The summed E-state index contributed by atoms with van der Waals surface area (Å²) in [6.07, 6.45) is 11.3. The molecule has 1 rings (SSSR count). The first-order chi connectivity index (χ1) is 10.1. The van der Waals surface area contributed by atoms with Crippen LogP contribution < -0.4 is 4.57 Å². The summed E-state index contributed by atoms with van der Waals surface area (Å²) in [5.41, 5.74) is 2.01. The Balaban J connectivity index is 2.48. The molecule has 0 amide bonds. The summed E-state index contributed by atoms with van der Waals surface area (Å²) in [7, 11) is 1.96. The van der Waals surface area contributed by atoms with Gasteiger partial charge in [-0.05, 0) is 12.5 Å². The van der Waals surface area contributed by atoms with E-state index in [1.165, 1.54) is 32.1 Å². The Kier molecular flexibility index (Phi) is 8.03. The molecule has 0 spiro atoms. The van der Waals surface area contributed by atoms with Crippen LogP contribution in [0.25, 0.3) is 0 Å². The van der Waals surface area contributed by atoms with Crippen LogP contribution in [-0.4, -0.2) is 11.1 Å². The van der Waals surface area contributed by atoms with E-state index in [1.54, 1.807) is 0 Å². The van der Waals surface area contributed by atoms with Crippen LogP contribution in [0.1, 0.15) is 75.5 Å². The minimum atomic E-state index is -0.699. The second kappa shape index (κ2) is 9.54. The molecule has 0 aliphatic rings. The molecule has 0 aromatic carbocycles. The lowest BCUT2D eigenvalue weighted by atomic mass is 9.92. The molecule has 0 saturated heterocycles. The molecule has 0 saturated carbocycles. The molecule has 1 atom stereocenters. The van der Waals surface area contributed by atoms with Crippen molar-refractivity contribution in [1.82, 2.24) is 0 Å². The van der Waals surface area contributed by atoms with E-state index < -0.39 is 5.97 Å². The van der Waals surface area contributed by atoms with E-state index in [0.29, 0.717) is 0 Å². The number of hydrogen-bond donors (Lipinski definition) is 1. The van der Waals surface area contributed by atoms with E-state index in [4.69, 9.17) is 0 Å². The number of carboxylic acids is 1. The monoisotopic (exact) mass is 292 g/mol. The number of pyridine rings is 1. The third-order valence-electron chi connectivity index (χ3n) is 4.30. The van der Waals surface area contributed by atoms with E-state index in [0.717, 1.165) is 30.5 Å². The fraction of sp³-hybridized carbons (Fsp3) is 0.667. The molecular formula is C18H30NO2+. The molecule has 3 nitrogen and oxygen atoms in total. The highest BCUT2D eigenvalue weighted by atomic mass is 16.4. The predicted molar refractivity (Wildman–Crippen MR) is 85.3 cm³/mol. The largest absolute Gasteiger partial charge is 0.481 e. The zero-order valence-corrected chi connectivity index (χ0v) is 13.8. The quantitative estimate of drug-likeness (QED) is 0.520. The highest BCUT2D eigenvalue weighted by molar-refractivity contribution is 5.76. The minimum Gasteiger partial charge on any atom is -0.481 e. The standard InChI is InChI=1S/C18H29NO2/c1-4-5-6-7-8-9-10-12-17(18(20)21)16-13-11-14-19(3)15(16)2/h11,13-14,17H,4-10,12H2,1-3H3/p+1. The van der Waals surface area contributed by atoms with Gasteiger partial charge >= 0.3 is 5.97 Å². The number of unbranched alkanes of at least 4 members (excludes halogenated alkanes) is 6. The normalized spacial score (nSPS) is 12.3. The van der Waals surface area contributed by atoms with E-state index in [9.17, 15) is 9.90 Å². The van der Waals surface area contributed by atoms with Crippen LogP contribution in [0.15, 0.2) is 18.3 Å². The van der Waals surface area contributed by atoms with E-state index >= 15 is 0 Å². The molecule has 3 heteroatoms. The van der Waals surface area contributed by atoms with E-state index in [2.05, 4.69) is 6.92 Å². The van der Waals surface area contributed by atoms with Gasteiger partial charge in [0.15, 0.2) is 11.9 Å². The summed E-state index contributed by atoms with van der Waals surface area (Å²) in [6, 6.07) is 3.89. The van der Waals surface area contributed by atoms with Gasteiger partial charge in [0.25, 0.3) is 0 Å². The van der Waals surface area contributed by atoms with Crippen LogP contribution in [0.5, 0.6) is 0 Å². The fourth-order valence-corrected chi connectivity index (χ4v) is 2.80. The fourth-order valence-electron chi connectivity index (χ4n) is 2.80. The number of aromatic nitrogens is 1. The molecule has 0 aliphatic heterocycles. The van der Waals surface area contributed by atoms with Crippen molar-refractivity contribution < 1.29 is 14.5 Å². The van der Waals surface area contributed by atoms with Crippen LogP contribution in [0.3, 0.4) is 0 Å². The lowest BCUT2D eigenvalue weighted by molar-refractivity contribution is -0.678. The predicted octanol–water partition coefficient (Wildman–Crippen LogP) is 4.13. The van der Waals surface area contributed by atoms with Gasteiger partial charge in [0.05, 0.1) is 5.92 Å². The van der Waals surface area contributed by atoms with Crippen LogP contribution in [-0.2, 0) is 11.8 Å². The van der Waals surface area contributed by atoms with Gasteiger partial charge in [-0.25, -0.2) is 4.57 Å². The molecule has 0 radical (unpaired) electrons. The number of aliphatic carboxylic acids is 1. The Morgan fingerprint density at radius 3 is 2.43 bits per heavy atom. The zero-order valence-electron chi connectivity index (χ0n) is 13.8. The maximum absolute atomic E-state index is 11.6. The maximum atomic E-state index is 11.6. The van der Waals surface area contributed by atoms with Crippen LogP contribution >= 0.6 is 0 Å². The average Bonchev–Trinajstić information content (AvgIpc) is 2.45. The topological polar surface area (TPSA) is 41.2 Å². The van der Waals surface area contributed by atoms with Gasteiger partial charge in [-0.3, -0.25) is 4.79 Å². The lowest BCUT2D eigenvalue weighted by Gasteiger charge is -2.13. The minimum absolute atomic E-state index is 0.368. The van der Waals surface area contributed by atoms with E-state index in [-0.39, 0.29) is 5.92 Å². The van der Waals surface area contributed by atoms with Crippen LogP contribution in [0.4, 0.5) is 0 Å². The van der Waals surface area contributed by atoms with Crippen LogP contribution in [0.2, 0.25) is 0 Å². The van der Waals surface area contributed by atoms with Gasteiger partial charge < -0.3 is 5.11 Å². The second-order valence-corrected chi connectivity index (χ2v) is 5.96. The van der Waals surface area contributed by atoms with Crippen molar-refractivity contribution in [3.63, 3.8) is 0 Å². The molecule has 1 aromatic rings. The van der Waals surface area contributed by atoms with Crippen molar-refractivity contribution in [3.8, 4) is 0 Å². The molecule has 0 fully saturated rings. The molecule has 0 bridgehead atoms. The van der Waals surface area contributed by atoms with Gasteiger partial charge in [0.1, 0.15) is 7.05 Å². The lowest BCUT2D eigenvalue weighted by Crippen LogP contribution is -2.33. The first kappa shape index (κ1) is 17.7. The van der Waals surface area contributed by atoms with E-state index in [1.807, 2.05) is 36.9 Å². The van der Waals surface area contributed by atoms with Crippen molar-refractivity contribution in [2.24, 2.45) is 7.05 Å². The first-order valence-electron chi connectivity index (χ1n) is 8.25. The summed E-state index contributed by atoms with van der Waals surface area (Å²) in [4.78, 5) is 11.6. The third-order valence-corrected chi connectivity index (χ3v) is 4.30. The number of carbonyl (C=O) groups is 1. The summed E-state index contributed by atoms with van der Waals surface area (Å²) < 4.78 is 2.00. The summed E-state index contributed by atoms with van der Waals surface area (Å²) in [5, 5.41) is 9.51. The van der Waals surface area contributed by atoms with Gasteiger partial charge in [0, 0.05) is 18.6 Å². The van der Waals surface area contributed by atoms with Crippen molar-refractivity contribution in [2.45, 2.75) is 71.1 Å². The number of carboxylic acid groups (broad SMARTS) is 1. The first-order valence-corrected chi connectivity index (χ1v) is 8.25. The molecule has 1 aromatic heterocycles. The summed E-state index contributed by atoms with van der Waals surface area (Å²) in [6.45, 7) is 4.22. The zero-order chi connectivity index (χ0) is 15.7. The molecule has 1 heterocycles. The molecule has 118 valence electrons. The number of hydrogen-bond acceptors (Lipinski definition) is 1. The Bertz CT molecular complexity index is 443. The molecule has 1 N–H and O–H groups in total. The van der Waals surface area contributed by atoms with Crippen molar-refractivity contribution in [3.05, 3.63) is 29.6 Å². The Labute approximate surface area is 129 Å². The average molecular weight is 292 g/mol. The highest BCUT2D eigenvalue weighted by Gasteiger charge is 2.24. The van der Waals surface area contributed by atoms with Crippen molar-refractivity contribution in [2.75, 3.05) is 0 Å². The van der Waals surface area contributed by atoms with Gasteiger partial charge in [0.2, 0.25) is 0 Å².